The lowest BCUT2D eigenvalue weighted by Crippen LogP contribution is -2.43. The van der Waals surface area contributed by atoms with Gasteiger partial charge in [-0.15, -0.1) is 0 Å². The molecule has 2 fully saturated rings. The summed E-state index contributed by atoms with van der Waals surface area (Å²) in [6, 6.07) is 6.93. The topological polar surface area (TPSA) is 76.1 Å². The third-order valence-electron chi connectivity index (χ3n) is 4.97. The first-order valence-corrected chi connectivity index (χ1v) is 8.20. The van der Waals surface area contributed by atoms with Gasteiger partial charge in [-0.05, 0) is 30.7 Å². The van der Waals surface area contributed by atoms with Crippen molar-refractivity contribution >= 4 is 17.5 Å². The van der Waals surface area contributed by atoms with Gasteiger partial charge in [0.15, 0.2) is 0 Å². The van der Waals surface area contributed by atoms with Crippen molar-refractivity contribution in [3.63, 3.8) is 0 Å². The lowest BCUT2D eigenvalue weighted by molar-refractivity contribution is -0.128. The zero-order chi connectivity index (χ0) is 16.9. The van der Waals surface area contributed by atoms with Crippen LogP contribution in [-0.4, -0.2) is 41.8 Å². The molecule has 0 aromatic heterocycles. The van der Waals surface area contributed by atoms with Crippen LogP contribution in [-0.2, 0) is 14.3 Å². The number of fused-ring (bicyclic) bond motifs is 5. The summed E-state index contributed by atoms with van der Waals surface area (Å²) in [7, 11) is 0. The molecule has 4 atom stereocenters. The molecular weight excluding hydrogens is 310 g/mol. The van der Waals surface area contributed by atoms with Gasteiger partial charge in [0.1, 0.15) is 11.4 Å². The summed E-state index contributed by atoms with van der Waals surface area (Å²) < 4.78 is 11.2. The van der Waals surface area contributed by atoms with E-state index in [0.717, 1.165) is 6.42 Å². The highest BCUT2D eigenvalue weighted by atomic mass is 16.5. The Balaban J connectivity index is 1.62. The Morgan fingerprint density at radius 2 is 2.00 bits per heavy atom. The summed E-state index contributed by atoms with van der Waals surface area (Å²) >= 11 is 0. The van der Waals surface area contributed by atoms with Gasteiger partial charge in [-0.3, -0.25) is 9.59 Å². The van der Waals surface area contributed by atoms with Crippen molar-refractivity contribution in [2.45, 2.75) is 25.0 Å². The van der Waals surface area contributed by atoms with E-state index >= 15 is 0 Å². The second-order valence-electron chi connectivity index (χ2n) is 6.41. The van der Waals surface area contributed by atoms with Gasteiger partial charge in [-0.2, -0.15) is 0 Å². The standard InChI is InChI=1S/C18H19NO5/c1-2-9-23-12-5-3-11(4-6-12)19-16(21)14-13-7-8-18(10-20,24-13)15(14)17(19)22/h3-8,13-15,20H,2,9-10H2,1H3/t13-,14-,15-,18+/m1/s1. The molecule has 3 aliphatic rings. The van der Waals surface area contributed by atoms with Gasteiger partial charge in [-0.1, -0.05) is 19.1 Å². The molecule has 2 bridgehead atoms. The monoisotopic (exact) mass is 329 g/mol. The SMILES string of the molecule is CCCOc1ccc(N2C(=O)[C@@H]3[C@H]4C=C[C@@](CO)(O4)[C@H]3C2=O)cc1. The fourth-order valence-electron chi connectivity index (χ4n) is 3.85. The van der Waals surface area contributed by atoms with E-state index < -0.39 is 23.5 Å². The van der Waals surface area contributed by atoms with Crippen molar-refractivity contribution in [1.29, 1.82) is 0 Å². The number of hydrogen-bond donors (Lipinski definition) is 1. The molecule has 2 amide bonds. The van der Waals surface area contributed by atoms with Crippen LogP contribution >= 0.6 is 0 Å². The largest absolute Gasteiger partial charge is 0.494 e. The molecule has 3 aliphatic heterocycles. The second kappa shape index (κ2) is 5.43. The van der Waals surface area contributed by atoms with E-state index in [9.17, 15) is 14.7 Å². The minimum absolute atomic E-state index is 0.267. The number of anilines is 1. The van der Waals surface area contributed by atoms with Crippen LogP contribution in [0.25, 0.3) is 0 Å². The first kappa shape index (κ1) is 15.4. The minimum Gasteiger partial charge on any atom is -0.494 e. The number of hydrogen-bond acceptors (Lipinski definition) is 5. The first-order chi connectivity index (χ1) is 11.6. The van der Waals surface area contributed by atoms with E-state index in [4.69, 9.17) is 9.47 Å². The third kappa shape index (κ3) is 1.96. The van der Waals surface area contributed by atoms with Crippen molar-refractivity contribution in [3.8, 4) is 5.75 Å². The number of benzene rings is 1. The van der Waals surface area contributed by atoms with Gasteiger partial charge in [0.2, 0.25) is 11.8 Å². The van der Waals surface area contributed by atoms with Crippen LogP contribution in [0, 0.1) is 11.8 Å². The summed E-state index contributed by atoms with van der Waals surface area (Å²) in [5.74, 6) is -1.08. The molecule has 1 aromatic rings. The maximum Gasteiger partial charge on any atom is 0.241 e. The Kier molecular flexibility index (Phi) is 3.47. The Morgan fingerprint density at radius 3 is 2.67 bits per heavy atom. The maximum absolute atomic E-state index is 12.9. The van der Waals surface area contributed by atoms with Gasteiger partial charge in [0.25, 0.3) is 0 Å². The Hall–Kier alpha value is -2.18. The fraction of sp³-hybridized carbons (Fsp3) is 0.444. The van der Waals surface area contributed by atoms with Crippen LogP contribution in [0.2, 0.25) is 0 Å². The zero-order valence-electron chi connectivity index (χ0n) is 13.3. The van der Waals surface area contributed by atoms with Crippen LogP contribution < -0.4 is 9.64 Å². The van der Waals surface area contributed by atoms with Crippen molar-refractivity contribution in [2.24, 2.45) is 11.8 Å². The number of aliphatic hydroxyl groups is 1. The maximum atomic E-state index is 12.9. The predicted octanol–water partition coefficient (Wildman–Crippen LogP) is 1.28. The van der Waals surface area contributed by atoms with E-state index in [-0.39, 0.29) is 18.4 Å². The molecule has 1 aromatic carbocycles. The van der Waals surface area contributed by atoms with Crippen molar-refractivity contribution in [1.82, 2.24) is 0 Å². The molecule has 6 nitrogen and oxygen atoms in total. The van der Waals surface area contributed by atoms with Gasteiger partial charge in [0.05, 0.1) is 36.8 Å². The smallest absolute Gasteiger partial charge is 0.241 e. The number of carbonyl (C=O) groups excluding carboxylic acids is 2. The summed E-state index contributed by atoms with van der Waals surface area (Å²) in [6.45, 7) is 2.34. The van der Waals surface area contributed by atoms with Crippen LogP contribution in [0.5, 0.6) is 5.75 Å². The zero-order valence-corrected chi connectivity index (χ0v) is 13.3. The van der Waals surface area contributed by atoms with E-state index in [1.54, 1.807) is 36.4 Å². The van der Waals surface area contributed by atoms with Crippen LogP contribution in [0.3, 0.4) is 0 Å². The van der Waals surface area contributed by atoms with Gasteiger partial charge in [0, 0.05) is 0 Å². The average Bonchev–Trinajstić information content (AvgIpc) is 3.25. The fourth-order valence-corrected chi connectivity index (χ4v) is 3.85. The number of ether oxygens (including phenoxy) is 2. The number of carbonyl (C=O) groups is 2. The van der Waals surface area contributed by atoms with Crippen LogP contribution in [0.15, 0.2) is 36.4 Å². The summed E-state index contributed by atoms with van der Waals surface area (Å²) in [4.78, 5) is 26.9. The van der Waals surface area contributed by atoms with Crippen molar-refractivity contribution < 1.29 is 24.2 Å². The molecule has 1 N–H and O–H groups in total. The van der Waals surface area contributed by atoms with Crippen LogP contribution in [0.1, 0.15) is 13.3 Å². The highest BCUT2D eigenvalue weighted by Gasteiger charge is 2.67. The summed E-state index contributed by atoms with van der Waals surface area (Å²) in [5.41, 5.74) is -0.531. The molecule has 24 heavy (non-hydrogen) atoms. The molecule has 0 radical (unpaired) electrons. The number of imide groups is 1. The molecule has 3 heterocycles. The van der Waals surface area contributed by atoms with E-state index in [1.165, 1.54) is 4.90 Å². The summed E-state index contributed by atoms with van der Waals surface area (Å²) in [5, 5.41) is 9.70. The van der Waals surface area contributed by atoms with E-state index in [0.29, 0.717) is 18.0 Å². The number of nitrogens with zero attached hydrogens (tertiary/aromatic N) is 1. The minimum atomic E-state index is -1.05. The number of aliphatic hydroxyl groups excluding tert-OH is 1. The number of rotatable bonds is 5. The molecule has 0 unspecified atom stereocenters. The number of amides is 2. The molecule has 4 rings (SSSR count). The van der Waals surface area contributed by atoms with Crippen molar-refractivity contribution in [3.05, 3.63) is 36.4 Å². The van der Waals surface area contributed by atoms with E-state index in [1.807, 2.05) is 6.92 Å². The lowest BCUT2D eigenvalue weighted by atomic mass is 9.77. The Morgan fingerprint density at radius 1 is 1.25 bits per heavy atom. The summed E-state index contributed by atoms with van der Waals surface area (Å²) in [6.07, 6.45) is 3.96. The highest BCUT2D eigenvalue weighted by Crippen LogP contribution is 2.52. The quantitative estimate of drug-likeness (QED) is 0.650. The highest BCUT2D eigenvalue weighted by molar-refractivity contribution is 6.23. The van der Waals surface area contributed by atoms with E-state index in [2.05, 4.69) is 0 Å². The molecule has 6 heteroatoms. The molecule has 0 spiro atoms. The molecule has 0 saturated carbocycles. The van der Waals surface area contributed by atoms with Gasteiger partial charge >= 0.3 is 0 Å². The first-order valence-electron chi connectivity index (χ1n) is 8.20. The van der Waals surface area contributed by atoms with Crippen molar-refractivity contribution in [2.75, 3.05) is 18.1 Å². The molecule has 2 saturated heterocycles. The average molecular weight is 329 g/mol. The Bertz CT molecular complexity index is 713. The molecule has 126 valence electrons. The Labute approximate surface area is 139 Å². The van der Waals surface area contributed by atoms with Crippen LogP contribution in [0.4, 0.5) is 5.69 Å². The lowest BCUT2D eigenvalue weighted by Gasteiger charge is -2.26. The van der Waals surface area contributed by atoms with Gasteiger partial charge < -0.3 is 14.6 Å². The third-order valence-corrected chi connectivity index (χ3v) is 4.97. The normalized spacial score (nSPS) is 33.4. The molecule has 0 aliphatic carbocycles. The van der Waals surface area contributed by atoms with Gasteiger partial charge in [-0.25, -0.2) is 4.90 Å². The predicted molar refractivity (Wildman–Crippen MR) is 85.5 cm³/mol. The molecular formula is C18H19NO5. The second-order valence-corrected chi connectivity index (χ2v) is 6.41.